The van der Waals surface area contributed by atoms with Gasteiger partial charge in [0, 0.05) is 37.0 Å². The van der Waals surface area contributed by atoms with E-state index in [9.17, 15) is 5.26 Å². The molecule has 178 valence electrons. The maximum atomic E-state index is 15.1. The van der Waals surface area contributed by atoms with Gasteiger partial charge in [0.2, 0.25) is 0 Å². The van der Waals surface area contributed by atoms with Gasteiger partial charge in [-0.3, -0.25) is 4.90 Å². The number of anilines is 1. The van der Waals surface area contributed by atoms with Crippen molar-refractivity contribution in [3.8, 4) is 6.07 Å². The molecule has 6 rings (SSSR count). The molecular weight excluding hydrogens is 457 g/mol. The van der Waals surface area contributed by atoms with E-state index in [0.29, 0.717) is 67.4 Å². The average molecular weight is 484 g/mol. The predicted octanol–water partition coefficient (Wildman–Crippen LogP) is 3.33. The number of aromatic nitrogens is 4. The van der Waals surface area contributed by atoms with Crippen LogP contribution in [0.15, 0.2) is 12.3 Å². The highest BCUT2D eigenvalue weighted by molar-refractivity contribution is 6.30. The number of piperidine rings is 1. The largest absolute Gasteiger partial charge is 0.378 e. The van der Waals surface area contributed by atoms with Crippen molar-refractivity contribution < 1.29 is 9.13 Å². The van der Waals surface area contributed by atoms with Crippen molar-refractivity contribution >= 4 is 23.0 Å². The molecule has 2 aromatic heterocycles. The summed E-state index contributed by atoms with van der Waals surface area (Å²) in [5, 5.41) is 18.0. The van der Waals surface area contributed by atoms with Crippen LogP contribution in [0.4, 0.5) is 10.2 Å². The first-order valence-electron chi connectivity index (χ1n) is 11.9. The van der Waals surface area contributed by atoms with Crippen LogP contribution in [0.3, 0.4) is 0 Å². The number of nitrogens with one attached hydrogen (secondary N) is 1. The van der Waals surface area contributed by atoms with Crippen molar-refractivity contribution in [3.05, 3.63) is 40.1 Å². The Morgan fingerprint density at radius 1 is 1.35 bits per heavy atom. The lowest BCUT2D eigenvalue weighted by Gasteiger charge is -2.42. The van der Waals surface area contributed by atoms with Crippen LogP contribution >= 0.6 is 11.6 Å². The first-order valence-corrected chi connectivity index (χ1v) is 12.3. The molecule has 4 heterocycles. The highest BCUT2D eigenvalue weighted by Gasteiger charge is 2.39. The molecule has 1 N–H and O–H groups in total. The smallest absolute Gasteiger partial charge is 0.139 e. The van der Waals surface area contributed by atoms with E-state index in [4.69, 9.17) is 26.3 Å². The van der Waals surface area contributed by atoms with Gasteiger partial charge in [0.1, 0.15) is 23.0 Å². The number of allylic oxidation sites excluding steroid dienone is 2. The van der Waals surface area contributed by atoms with Crippen LogP contribution in [-0.4, -0.2) is 68.7 Å². The van der Waals surface area contributed by atoms with Crippen molar-refractivity contribution in [1.29, 1.82) is 5.26 Å². The Morgan fingerprint density at radius 2 is 2.18 bits per heavy atom. The molecule has 2 saturated heterocycles. The number of hydrogen-bond donors (Lipinski definition) is 1. The van der Waals surface area contributed by atoms with Gasteiger partial charge in [-0.15, -0.1) is 0 Å². The minimum Gasteiger partial charge on any atom is -0.378 e. The number of likely N-dealkylation sites (tertiary alicyclic amines) is 1. The molecule has 0 aromatic carbocycles. The number of hydrogen-bond acceptors (Lipinski definition) is 7. The maximum Gasteiger partial charge on any atom is 0.139 e. The molecule has 4 aliphatic rings. The third-order valence-electron chi connectivity index (χ3n) is 7.48. The fourth-order valence-electron chi connectivity index (χ4n) is 5.02. The Hall–Kier alpha value is -2.54. The van der Waals surface area contributed by atoms with E-state index in [1.165, 1.54) is 0 Å². The van der Waals surface area contributed by atoms with E-state index < -0.39 is 6.17 Å². The van der Waals surface area contributed by atoms with Gasteiger partial charge in [-0.1, -0.05) is 17.7 Å². The molecule has 34 heavy (non-hydrogen) atoms. The lowest BCUT2D eigenvalue weighted by Crippen LogP contribution is -2.55. The lowest BCUT2D eigenvalue weighted by atomic mass is 10.0. The van der Waals surface area contributed by atoms with Crippen molar-refractivity contribution in [3.63, 3.8) is 0 Å². The molecule has 0 radical (unpaired) electrons. The SMILES string of the molecule is CC1(Nc2nc(Cc3cnn([C@H]4CCN(C5COC5)C[C@@H]4F)c3Cl)nc3c2C(C#N)=CC3)CC1. The molecular formula is C24H27ClFN7O. The number of alkyl halides is 1. The molecule has 8 nitrogen and oxygen atoms in total. The molecule has 0 unspecified atom stereocenters. The summed E-state index contributed by atoms with van der Waals surface area (Å²) in [7, 11) is 0. The zero-order chi connectivity index (χ0) is 23.4. The zero-order valence-electron chi connectivity index (χ0n) is 19.1. The summed E-state index contributed by atoms with van der Waals surface area (Å²) in [5.41, 5.74) is 3.08. The number of ether oxygens (including phenoxy) is 1. The summed E-state index contributed by atoms with van der Waals surface area (Å²) < 4.78 is 22.0. The van der Waals surface area contributed by atoms with Gasteiger partial charge in [0.15, 0.2) is 0 Å². The third-order valence-corrected chi connectivity index (χ3v) is 7.90. The Kier molecular flexibility index (Phi) is 5.36. The van der Waals surface area contributed by atoms with Gasteiger partial charge in [0.05, 0.1) is 54.4 Å². The van der Waals surface area contributed by atoms with Crippen LogP contribution < -0.4 is 5.32 Å². The Labute approximate surface area is 202 Å². The second-order valence-electron chi connectivity index (χ2n) is 10.1. The summed E-state index contributed by atoms with van der Waals surface area (Å²) in [6, 6.07) is 2.22. The number of rotatable bonds is 6. The number of fused-ring (bicyclic) bond motifs is 1. The first-order chi connectivity index (χ1) is 16.4. The topological polar surface area (TPSA) is 91.9 Å². The van der Waals surface area contributed by atoms with E-state index in [-0.39, 0.29) is 11.6 Å². The summed E-state index contributed by atoms with van der Waals surface area (Å²) in [5.74, 6) is 1.33. The van der Waals surface area contributed by atoms with Crippen molar-refractivity contribution in [2.45, 2.75) is 62.8 Å². The summed E-state index contributed by atoms with van der Waals surface area (Å²) in [6.45, 7) is 4.71. The summed E-state index contributed by atoms with van der Waals surface area (Å²) in [4.78, 5) is 11.7. The van der Waals surface area contributed by atoms with Gasteiger partial charge < -0.3 is 10.1 Å². The molecule has 0 amide bonds. The fraction of sp³-hybridized carbons (Fsp3) is 0.583. The van der Waals surface area contributed by atoms with E-state index in [1.807, 2.05) is 6.08 Å². The molecule has 0 spiro atoms. The zero-order valence-corrected chi connectivity index (χ0v) is 19.9. The molecule has 2 aliphatic carbocycles. The fourth-order valence-corrected chi connectivity index (χ4v) is 5.30. The number of halogens is 2. The molecule has 10 heteroatoms. The van der Waals surface area contributed by atoms with E-state index in [1.54, 1.807) is 10.9 Å². The van der Waals surface area contributed by atoms with Crippen LogP contribution in [0.2, 0.25) is 5.15 Å². The van der Waals surface area contributed by atoms with E-state index >= 15 is 4.39 Å². The van der Waals surface area contributed by atoms with Crippen molar-refractivity contribution in [2.75, 3.05) is 31.6 Å². The standard InChI is InChI=1S/C24H27ClFN7O/c1-24(5-6-24)31-23-21-14(9-27)2-3-18(21)29-20(30-23)8-15-10-28-33(22(15)25)19-4-7-32(11-17(19)26)16-12-34-13-16/h2,10,16-17,19H,3-8,11-13H2,1H3,(H,29,30,31)/t17-,19-/m0/s1. The second kappa shape index (κ2) is 8.29. The molecule has 2 atom stereocenters. The highest BCUT2D eigenvalue weighted by Crippen LogP contribution is 2.41. The first kappa shape index (κ1) is 22.0. The highest BCUT2D eigenvalue weighted by atomic mass is 35.5. The number of nitriles is 1. The van der Waals surface area contributed by atoms with Gasteiger partial charge in [-0.2, -0.15) is 10.4 Å². The van der Waals surface area contributed by atoms with E-state index in [2.05, 4.69) is 28.3 Å². The number of nitrogens with zero attached hydrogens (tertiary/aromatic N) is 6. The van der Waals surface area contributed by atoms with Crippen molar-refractivity contribution in [1.82, 2.24) is 24.6 Å². The van der Waals surface area contributed by atoms with Gasteiger partial charge in [0.25, 0.3) is 0 Å². The lowest BCUT2D eigenvalue weighted by molar-refractivity contribution is -0.0847. The molecule has 2 aromatic rings. The molecule has 0 bridgehead atoms. The van der Waals surface area contributed by atoms with Crippen LogP contribution in [0, 0.1) is 11.3 Å². The second-order valence-corrected chi connectivity index (χ2v) is 10.4. The van der Waals surface area contributed by atoms with Gasteiger partial charge in [-0.25, -0.2) is 19.0 Å². The van der Waals surface area contributed by atoms with Crippen molar-refractivity contribution in [2.24, 2.45) is 0 Å². The van der Waals surface area contributed by atoms with Gasteiger partial charge in [-0.05, 0) is 26.2 Å². The molecule has 1 saturated carbocycles. The third kappa shape index (κ3) is 3.88. The quantitative estimate of drug-likeness (QED) is 0.673. The van der Waals surface area contributed by atoms with Crippen LogP contribution in [0.5, 0.6) is 0 Å². The van der Waals surface area contributed by atoms with Crippen LogP contribution in [0.1, 0.15) is 54.9 Å². The normalized spacial score (nSPS) is 25.9. The minimum atomic E-state index is -1.04. The monoisotopic (exact) mass is 483 g/mol. The maximum absolute atomic E-state index is 15.1. The summed E-state index contributed by atoms with van der Waals surface area (Å²) >= 11 is 6.71. The van der Waals surface area contributed by atoms with Gasteiger partial charge >= 0.3 is 0 Å². The summed E-state index contributed by atoms with van der Waals surface area (Å²) in [6.07, 6.45) is 6.37. The van der Waals surface area contributed by atoms with E-state index in [0.717, 1.165) is 36.2 Å². The average Bonchev–Trinajstić information content (AvgIpc) is 3.19. The molecule has 3 fully saturated rings. The Morgan fingerprint density at radius 3 is 2.85 bits per heavy atom. The Balaban J connectivity index is 1.23. The van der Waals surface area contributed by atoms with Crippen LogP contribution in [-0.2, 0) is 17.6 Å². The van der Waals surface area contributed by atoms with Crippen LogP contribution in [0.25, 0.3) is 5.57 Å². The Bertz CT molecular complexity index is 1200. The minimum absolute atomic E-state index is 0.0156. The predicted molar refractivity (Wildman–Crippen MR) is 125 cm³/mol. The molecule has 2 aliphatic heterocycles.